The van der Waals surface area contributed by atoms with Gasteiger partial charge in [-0.2, -0.15) is 0 Å². The van der Waals surface area contributed by atoms with E-state index in [1.54, 1.807) is 7.05 Å². The number of nitrogens with zero attached hydrogens (tertiary/aromatic N) is 4. The van der Waals surface area contributed by atoms with Gasteiger partial charge in [-0.1, -0.05) is 6.07 Å². The van der Waals surface area contributed by atoms with Crippen LogP contribution >= 0.6 is 0 Å². The van der Waals surface area contributed by atoms with Crippen molar-refractivity contribution in [3.8, 4) is 0 Å². The monoisotopic (exact) mass is 339 g/mol. The van der Waals surface area contributed by atoms with Crippen LogP contribution in [0, 0.1) is 12.8 Å². The summed E-state index contributed by atoms with van der Waals surface area (Å²) in [5.41, 5.74) is 2.52. The standard InChI is InChI=1S/C19H25N5O/c1-14-22-17(11-18(23-14)19(25)20-2)10-15-6-5-9-24(12-15)13-16-7-3-4-8-21-16/h3-4,7-8,11,15H,5-6,9-10,12-13H2,1-2H3,(H,20,25)/t15-/m0/s1. The molecule has 2 aromatic rings. The second-order valence-electron chi connectivity index (χ2n) is 6.64. The van der Waals surface area contributed by atoms with E-state index in [1.165, 1.54) is 12.8 Å². The number of carbonyl (C=O) groups excluding carboxylic acids is 1. The fourth-order valence-corrected chi connectivity index (χ4v) is 3.46. The molecule has 3 rings (SSSR count). The number of nitrogens with one attached hydrogen (secondary N) is 1. The molecule has 0 saturated carbocycles. The summed E-state index contributed by atoms with van der Waals surface area (Å²) < 4.78 is 0. The number of carbonyl (C=O) groups is 1. The highest BCUT2D eigenvalue weighted by Gasteiger charge is 2.21. The maximum absolute atomic E-state index is 11.8. The third-order valence-electron chi connectivity index (χ3n) is 4.56. The van der Waals surface area contributed by atoms with Crippen LogP contribution in [-0.2, 0) is 13.0 Å². The molecule has 1 fully saturated rings. The zero-order valence-electron chi connectivity index (χ0n) is 14.9. The molecule has 132 valence electrons. The van der Waals surface area contributed by atoms with E-state index in [4.69, 9.17) is 0 Å². The van der Waals surface area contributed by atoms with Crippen molar-refractivity contribution in [2.24, 2.45) is 5.92 Å². The number of likely N-dealkylation sites (tertiary alicyclic amines) is 1. The second kappa shape index (κ2) is 8.16. The minimum absolute atomic E-state index is 0.160. The lowest BCUT2D eigenvalue weighted by Crippen LogP contribution is -2.36. The van der Waals surface area contributed by atoms with Crippen LogP contribution in [0.3, 0.4) is 0 Å². The maximum atomic E-state index is 11.8. The molecule has 1 aliphatic rings. The molecule has 25 heavy (non-hydrogen) atoms. The molecular formula is C19H25N5O. The minimum atomic E-state index is -0.160. The lowest BCUT2D eigenvalue weighted by atomic mass is 9.93. The topological polar surface area (TPSA) is 71.0 Å². The molecule has 0 spiro atoms. The summed E-state index contributed by atoms with van der Waals surface area (Å²) >= 11 is 0. The molecule has 0 aliphatic carbocycles. The van der Waals surface area contributed by atoms with Gasteiger partial charge in [0.1, 0.15) is 11.5 Å². The predicted octanol–water partition coefficient (Wildman–Crippen LogP) is 1.99. The number of aromatic nitrogens is 3. The highest BCUT2D eigenvalue weighted by atomic mass is 16.1. The first-order chi connectivity index (χ1) is 12.1. The largest absolute Gasteiger partial charge is 0.354 e. The number of aryl methyl sites for hydroxylation is 1. The average Bonchev–Trinajstić information content (AvgIpc) is 2.61. The van der Waals surface area contributed by atoms with E-state index in [2.05, 4.69) is 31.2 Å². The molecule has 1 amide bonds. The summed E-state index contributed by atoms with van der Waals surface area (Å²) in [6, 6.07) is 7.88. The van der Waals surface area contributed by atoms with Gasteiger partial charge in [0.05, 0.1) is 5.69 Å². The van der Waals surface area contributed by atoms with Crippen LogP contribution in [0.15, 0.2) is 30.5 Å². The maximum Gasteiger partial charge on any atom is 0.269 e. The number of hydrogen-bond donors (Lipinski definition) is 1. The van der Waals surface area contributed by atoms with Crippen molar-refractivity contribution >= 4 is 5.91 Å². The van der Waals surface area contributed by atoms with Gasteiger partial charge >= 0.3 is 0 Å². The number of amides is 1. The van der Waals surface area contributed by atoms with E-state index in [0.29, 0.717) is 17.4 Å². The van der Waals surface area contributed by atoms with Crippen molar-refractivity contribution in [2.45, 2.75) is 32.7 Å². The lowest BCUT2D eigenvalue weighted by molar-refractivity contribution is 0.0957. The molecule has 6 heteroatoms. The van der Waals surface area contributed by atoms with Crippen LogP contribution < -0.4 is 5.32 Å². The van der Waals surface area contributed by atoms with E-state index in [1.807, 2.05) is 31.3 Å². The summed E-state index contributed by atoms with van der Waals surface area (Å²) in [7, 11) is 1.62. The van der Waals surface area contributed by atoms with Gasteiger partial charge in [-0.15, -0.1) is 0 Å². The Bertz CT molecular complexity index is 719. The molecule has 1 aliphatic heterocycles. The average molecular weight is 339 g/mol. The fourth-order valence-electron chi connectivity index (χ4n) is 3.46. The Morgan fingerprint density at radius 1 is 1.32 bits per heavy atom. The lowest BCUT2D eigenvalue weighted by Gasteiger charge is -2.32. The second-order valence-corrected chi connectivity index (χ2v) is 6.64. The quantitative estimate of drug-likeness (QED) is 0.902. The van der Waals surface area contributed by atoms with Crippen molar-refractivity contribution in [2.75, 3.05) is 20.1 Å². The Hall–Kier alpha value is -2.34. The molecule has 0 radical (unpaired) electrons. The highest BCUT2D eigenvalue weighted by molar-refractivity contribution is 5.92. The van der Waals surface area contributed by atoms with E-state index >= 15 is 0 Å². The Morgan fingerprint density at radius 3 is 2.96 bits per heavy atom. The molecule has 1 saturated heterocycles. The van der Waals surface area contributed by atoms with Crippen molar-refractivity contribution in [1.82, 2.24) is 25.2 Å². The summed E-state index contributed by atoms with van der Waals surface area (Å²) in [5.74, 6) is 1.04. The van der Waals surface area contributed by atoms with Crippen molar-refractivity contribution in [3.63, 3.8) is 0 Å². The molecule has 6 nitrogen and oxygen atoms in total. The van der Waals surface area contributed by atoms with E-state index < -0.39 is 0 Å². The van der Waals surface area contributed by atoms with Crippen LogP contribution in [0.1, 0.15) is 40.5 Å². The molecule has 3 heterocycles. The molecule has 1 N–H and O–H groups in total. The summed E-state index contributed by atoms with van der Waals surface area (Å²) in [4.78, 5) is 27.5. The first-order valence-electron chi connectivity index (χ1n) is 8.83. The number of piperidine rings is 1. The van der Waals surface area contributed by atoms with Gasteiger partial charge in [-0.25, -0.2) is 9.97 Å². The summed E-state index contributed by atoms with van der Waals surface area (Å²) in [6.07, 6.45) is 5.10. The van der Waals surface area contributed by atoms with E-state index in [9.17, 15) is 4.79 Å². The van der Waals surface area contributed by atoms with Gasteiger partial charge in [0.2, 0.25) is 0 Å². The molecular weight excluding hydrogens is 314 g/mol. The van der Waals surface area contributed by atoms with Gasteiger partial charge in [-0.05, 0) is 56.8 Å². The van der Waals surface area contributed by atoms with Gasteiger partial charge in [-0.3, -0.25) is 14.7 Å². The normalized spacial score (nSPS) is 18.1. The summed E-state index contributed by atoms with van der Waals surface area (Å²) in [6.45, 7) is 4.88. The number of hydrogen-bond acceptors (Lipinski definition) is 5. The van der Waals surface area contributed by atoms with Crippen molar-refractivity contribution in [3.05, 3.63) is 53.4 Å². The molecule has 1 atom stereocenters. The number of rotatable bonds is 5. The van der Waals surface area contributed by atoms with Crippen LogP contribution in [0.2, 0.25) is 0 Å². The molecule has 0 unspecified atom stereocenters. The fraction of sp³-hybridized carbons (Fsp3) is 0.474. The van der Waals surface area contributed by atoms with E-state index in [-0.39, 0.29) is 5.91 Å². The zero-order chi connectivity index (χ0) is 17.6. The van der Waals surface area contributed by atoms with Crippen molar-refractivity contribution in [1.29, 1.82) is 0 Å². The Balaban J connectivity index is 1.64. The van der Waals surface area contributed by atoms with Crippen molar-refractivity contribution < 1.29 is 4.79 Å². The number of pyridine rings is 1. The van der Waals surface area contributed by atoms with Gasteiger partial charge in [0.25, 0.3) is 5.91 Å². The summed E-state index contributed by atoms with van der Waals surface area (Å²) in [5, 5.41) is 2.63. The third-order valence-corrected chi connectivity index (χ3v) is 4.56. The Morgan fingerprint density at radius 2 is 2.20 bits per heavy atom. The molecule has 2 aromatic heterocycles. The first-order valence-corrected chi connectivity index (χ1v) is 8.83. The smallest absolute Gasteiger partial charge is 0.269 e. The van der Waals surface area contributed by atoms with Crippen LogP contribution in [0.5, 0.6) is 0 Å². The molecule has 0 bridgehead atoms. The third kappa shape index (κ3) is 4.82. The van der Waals surface area contributed by atoms with Crippen LogP contribution in [0.4, 0.5) is 0 Å². The first kappa shape index (κ1) is 17.5. The van der Waals surface area contributed by atoms with E-state index in [0.717, 1.165) is 37.4 Å². The van der Waals surface area contributed by atoms with Gasteiger partial charge in [0.15, 0.2) is 0 Å². The SMILES string of the molecule is CNC(=O)c1cc(C[C@@H]2CCCN(Cc3ccccn3)C2)nc(C)n1. The minimum Gasteiger partial charge on any atom is -0.354 e. The van der Waals surface area contributed by atoms with Gasteiger partial charge in [0, 0.05) is 32.0 Å². The van der Waals surface area contributed by atoms with Crippen LogP contribution in [-0.4, -0.2) is 45.9 Å². The van der Waals surface area contributed by atoms with Crippen LogP contribution in [0.25, 0.3) is 0 Å². The highest BCUT2D eigenvalue weighted by Crippen LogP contribution is 2.21. The zero-order valence-corrected chi connectivity index (χ0v) is 14.9. The Labute approximate surface area is 148 Å². The molecule has 0 aromatic carbocycles. The Kier molecular flexibility index (Phi) is 5.71. The predicted molar refractivity (Wildman–Crippen MR) is 96.1 cm³/mol. The van der Waals surface area contributed by atoms with Gasteiger partial charge < -0.3 is 5.32 Å².